The van der Waals surface area contributed by atoms with Crippen LogP contribution in [-0.4, -0.2) is 65.9 Å². The van der Waals surface area contributed by atoms with Gasteiger partial charge in [-0.15, -0.1) is 0 Å². The van der Waals surface area contributed by atoms with Gasteiger partial charge < -0.3 is 24.1 Å². The summed E-state index contributed by atoms with van der Waals surface area (Å²) in [7, 11) is 0. The van der Waals surface area contributed by atoms with Crippen molar-refractivity contribution in [1.82, 2.24) is 0 Å². The van der Waals surface area contributed by atoms with E-state index in [9.17, 15) is 24.3 Å². The van der Waals surface area contributed by atoms with Crippen LogP contribution in [0, 0.1) is 17.3 Å². The first-order valence-corrected chi connectivity index (χ1v) is 10.7. The molecule has 0 amide bonds. The van der Waals surface area contributed by atoms with Crippen LogP contribution in [0.25, 0.3) is 0 Å². The monoisotopic (exact) mass is 462 g/mol. The molecule has 1 saturated carbocycles. The fourth-order valence-corrected chi connectivity index (χ4v) is 4.74. The van der Waals surface area contributed by atoms with Crippen LogP contribution < -0.4 is 0 Å². The van der Waals surface area contributed by atoms with Gasteiger partial charge in [0.25, 0.3) is 0 Å². The number of fused-ring (bicyclic) bond motifs is 2. The number of hydrogen-bond donors (Lipinski definition) is 1. The molecule has 0 aromatic rings. The molecule has 2 heterocycles. The summed E-state index contributed by atoms with van der Waals surface area (Å²) in [6.07, 6.45) is -1.63. The zero-order valence-electron chi connectivity index (χ0n) is 19.5. The number of carbonyl (C=O) groups is 4. The molecule has 3 rings (SSSR count). The Balaban J connectivity index is 2.19. The first kappa shape index (κ1) is 24.9. The molecule has 2 saturated heterocycles. The molecular formula is C24H30O9. The van der Waals surface area contributed by atoms with Crippen molar-refractivity contribution >= 4 is 24.2 Å². The summed E-state index contributed by atoms with van der Waals surface area (Å²) in [6.45, 7) is 15.5. The second kappa shape index (κ2) is 8.53. The Labute approximate surface area is 192 Å². The summed E-state index contributed by atoms with van der Waals surface area (Å²) >= 11 is 0. The number of hydrogen-bond acceptors (Lipinski definition) is 9. The Kier molecular flexibility index (Phi) is 6.43. The van der Waals surface area contributed by atoms with E-state index in [1.165, 1.54) is 13.8 Å². The van der Waals surface area contributed by atoms with Gasteiger partial charge in [0.15, 0.2) is 11.7 Å². The standard InChI is InChI=1S/C24H30O9/c1-8-11(2)20(26)31-18-15-13(4)21(27)33-19(18)24(7,14-10-30-14)16(12(3)9-25)17(15)32-22(28)23(5,6)29/h8-9,14-19,29H,3-4,10H2,1-2,5-7H3/b11-8+/t14-,15-,16-,17-,18-,19-,24-/m0/s1. The molecule has 3 aliphatic rings. The molecule has 9 heteroatoms. The number of allylic oxidation sites excluding steroid dienone is 1. The fourth-order valence-electron chi connectivity index (χ4n) is 4.74. The number of epoxide rings is 1. The third-order valence-electron chi connectivity index (χ3n) is 6.84. The quantitative estimate of drug-likeness (QED) is 0.196. The minimum atomic E-state index is -1.86. The SMILES string of the molecule is C=C1C(=O)O[C@H]2[C@@H](OC(=O)/C(C)=C/C)[C@@H]1[C@H](OC(=O)C(C)(C)O)[C@H](C(=C)C=O)[C@]2(C)[C@@H]1CO1. The van der Waals surface area contributed by atoms with Gasteiger partial charge in [-0.3, -0.25) is 4.79 Å². The lowest BCUT2D eigenvalue weighted by atomic mass is 9.54. The molecule has 2 aliphatic heterocycles. The summed E-state index contributed by atoms with van der Waals surface area (Å²) in [5, 5.41) is 10.2. The van der Waals surface area contributed by atoms with E-state index < -0.39 is 65.2 Å². The van der Waals surface area contributed by atoms with E-state index in [1.54, 1.807) is 26.8 Å². The zero-order chi connectivity index (χ0) is 24.9. The highest BCUT2D eigenvalue weighted by molar-refractivity contribution is 5.91. The van der Waals surface area contributed by atoms with Crippen molar-refractivity contribution in [3.05, 3.63) is 36.0 Å². The average molecular weight is 462 g/mol. The first-order valence-electron chi connectivity index (χ1n) is 10.7. The minimum absolute atomic E-state index is 0.0711. The maximum Gasteiger partial charge on any atom is 0.337 e. The van der Waals surface area contributed by atoms with Gasteiger partial charge in [-0.1, -0.05) is 26.2 Å². The van der Waals surface area contributed by atoms with Crippen molar-refractivity contribution in [2.45, 2.75) is 64.6 Å². The van der Waals surface area contributed by atoms with Gasteiger partial charge in [-0.05, 0) is 33.3 Å². The molecule has 180 valence electrons. The number of carbonyl (C=O) groups excluding carboxylic acids is 4. The van der Waals surface area contributed by atoms with Crippen LogP contribution in [-0.2, 0) is 38.1 Å². The Morgan fingerprint density at radius 1 is 1.27 bits per heavy atom. The van der Waals surface area contributed by atoms with Crippen LogP contribution in [0.4, 0.5) is 0 Å². The van der Waals surface area contributed by atoms with Gasteiger partial charge in [0.05, 0.1) is 18.6 Å². The topological polar surface area (TPSA) is 129 Å². The van der Waals surface area contributed by atoms with Crippen LogP contribution in [0.3, 0.4) is 0 Å². The third kappa shape index (κ3) is 4.15. The second-order valence-electron chi connectivity index (χ2n) is 9.51. The first-order chi connectivity index (χ1) is 15.3. The van der Waals surface area contributed by atoms with Crippen LogP contribution in [0.5, 0.6) is 0 Å². The van der Waals surface area contributed by atoms with Crippen molar-refractivity contribution in [2.24, 2.45) is 17.3 Å². The maximum atomic E-state index is 12.7. The van der Waals surface area contributed by atoms with Crippen molar-refractivity contribution in [2.75, 3.05) is 6.61 Å². The van der Waals surface area contributed by atoms with E-state index in [4.69, 9.17) is 18.9 Å². The fraction of sp³-hybridized carbons (Fsp3) is 0.583. The van der Waals surface area contributed by atoms with Crippen LogP contribution in [0.15, 0.2) is 36.0 Å². The summed E-state index contributed by atoms with van der Waals surface area (Å²) in [4.78, 5) is 50.0. The molecule has 0 aromatic heterocycles. The molecule has 2 bridgehead atoms. The lowest BCUT2D eigenvalue weighted by molar-refractivity contribution is -0.237. The van der Waals surface area contributed by atoms with Crippen LogP contribution in [0.2, 0.25) is 0 Å². The molecule has 0 spiro atoms. The molecule has 3 fully saturated rings. The zero-order valence-corrected chi connectivity index (χ0v) is 19.5. The van der Waals surface area contributed by atoms with E-state index in [0.29, 0.717) is 18.5 Å². The van der Waals surface area contributed by atoms with Crippen molar-refractivity contribution in [1.29, 1.82) is 0 Å². The van der Waals surface area contributed by atoms with Gasteiger partial charge in [-0.25, -0.2) is 14.4 Å². The molecule has 9 nitrogen and oxygen atoms in total. The summed E-state index contributed by atoms with van der Waals surface area (Å²) < 4.78 is 22.8. The molecule has 0 unspecified atom stereocenters. The highest BCUT2D eigenvalue weighted by Gasteiger charge is 2.70. The van der Waals surface area contributed by atoms with Gasteiger partial charge in [0.1, 0.15) is 18.5 Å². The van der Waals surface area contributed by atoms with Gasteiger partial charge in [-0.2, -0.15) is 0 Å². The molecule has 1 N–H and O–H groups in total. The molecule has 1 aliphatic carbocycles. The van der Waals surface area contributed by atoms with Gasteiger partial charge >= 0.3 is 17.9 Å². The van der Waals surface area contributed by atoms with E-state index in [2.05, 4.69) is 13.2 Å². The predicted molar refractivity (Wildman–Crippen MR) is 115 cm³/mol. The summed E-state index contributed by atoms with van der Waals surface area (Å²) in [5.74, 6) is -4.22. The highest BCUT2D eigenvalue weighted by atomic mass is 16.6. The second-order valence-corrected chi connectivity index (χ2v) is 9.51. The summed E-state index contributed by atoms with van der Waals surface area (Å²) in [6, 6.07) is 0. The summed E-state index contributed by atoms with van der Waals surface area (Å²) in [5.41, 5.74) is -2.63. The normalized spacial score (nSPS) is 35.9. The van der Waals surface area contributed by atoms with Gasteiger partial charge in [0, 0.05) is 22.5 Å². The average Bonchev–Trinajstić information content (AvgIpc) is 3.59. The lowest BCUT2D eigenvalue weighted by Crippen LogP contribution is -2.69. The largest absolute Gasteiger partial charge is 0.459 e. The van der Waals surface area contributed by atoms with E-state index in [1.807, 2.05) is 0 Å². The Hall–Kier alpha value is -2.78. The van der Waals surface area contributed by atoms with Crippen molar-refractivity contribution < 1.29 is 43.2 Å². The lowest BCUT2D eigenvalue weighted by Gasteiger charge is -2.57. The Morgan fingerprint density at radius 2 is 1.88 bits per heavy atom. The number of aldehydes is 1. The van der Waals surface area contributed by atoms with Crippen LogP contribution >= 0.6 is 0 Å². The third-order valence-corrected chi connectivity index (χ3v) is 6.84. The minimum Gasteiger partial charge on any atom is -0.459 e. The number of esters is 3. The smallest absolute Gasteiger partial charge is 0.337 e. The maximum absolute atomic E-state index is 12.7. The predicted octanol–water partition coefficient (Wildman–Crippen LogP) is 1.43. The Morgan fingerprint density at radius 3 is 2.36 bits per heavy atom. The highest BCUT2D eigenvalue weighted by Crippen LogP contribution is 2.58. The van der Waals surface area contributed by atoms with E-state index in [0.717, 1.165) is 0 Å². The molecule has 0 aromatic carbocycles. The van der Waals surface area contributed by atoms with Crippen molar-refractivity contribution in [3.63, 3.8) is 0 Å². The Bertz CT molecular complexity index is 936. The number of ether oxygens (including phenoxy) is 4. The molecular weight excluding hydrogens is 432 g/mol. The molecule has 0 radical (unpaired) electrons. The molecule has 33 heavy (non-hydrogen) atoms. The van der Waals surface area contributed by atoms with E-state index in [-0.39, 0.29) is 11.1 Å². The molecule has 7 atom stereocenters. The van der Waals surface area contributed by atoms with Gasteiger partial charge in [0.2, 0.25) is 0 Å². The number of aliphatic hydroxyl groups is 1. The van der Waals surface area contributed by atoms with Crippen LogP contribution in [0.1, 0.15) is 34.6 Å². The number of rotatable bonds is 7. The van der Waals surface area contributed by atoms with E-state index >= 15 is 0 Å². The van der Waals surface area contributed by atoms with Crippen molar-refractivity contribution in [3.8, 4) is 0 Å².